The van der Waals surface area contributed by atoms with Gasteiger partial charge in [-0.1, -0.05) is 12.1 Å². The van der Waals surface area contributed by atoms with Gasteiger partial charge >= 0.3 is 6.36 Å². The number of hydrogen-bond acceptors (Lipinski definition) is 3. The summed E-state index contributed by atoms with van der Waals surface area (Å²) in [6, 6.07) is 5.64. The molecular weight excluding hydrogens is 299 g/mol. The fourth-order valence-corrected chi connectivity index (χ4v) is 2.44. The quantitative estimate of drug-likeness (QED) is 0.857. The molecule has 2 rings (SSSR count). The maximum Gasteiger partial charge on any atom is 0.573 e. The second kappa shape index (κ2) is 7.00. The molecule has 0 spiro atoms. The fourth-order valence-electron chi connectivity index (χ4n) is 2.44. The predicted molar refractivity (Wildman–Crippen MR) is 73.1 cm³/mol. The number of carbonyl (C=O) groups excluding carboxylic acids is 1. The second-order valence-electron chi connectivity index (χ2n) is 5.30. The third-order valence-corrected chi connectivity index (χ3v) is 3.44. The number of carbonyl (C=O) groups is 1. The first-order valence-corrected chi connectivity index (χ1v) is 7.02. The number of alkyl halides is 3. The molecule has 0 aromatic heterocycles. The molecule has 1 aromatic rings. The molecular formula is C15H18F3NO3. The fraction of sp³-hybridized carbons (Fsp3) is 0.533. The zero-order valence-electron chi connectivity index (χ0n) is 12.2. The summed E-state index contributed by atoms with van der Waals surface area (Å²) in [5.41, 5.74) is 0.578. The van der Waals surface area contributed by atoms with Gasteiger partial charge in [-0.3, -0.25) is 4.79 Å². The first-order chi connectivity index (χ1) is 10.3. The van der Waals surface area contributed by atoms with E-state index in [1.807, 2.05) is 0 Å². The summed E-state index contributed by atoms with van der Waals surface area (Å²) in [4.78, 5) is 13.8. The van der Waals surface area contributed by atoms with Crippen LogP contribution in [0.1, 0.15) is 18.4 Å². The van der Waals surface area contributed by atoms with Crippen LogP contribution in [0.25, 0.3) is 0 Å². The number of amides is 1. The lowest BCUT2D eigenvalue weighted by atomic mass is 10.0. The summed E-state index contributed by atoms with van der Waals surface area (Å²) in [6.45, 7) is 1.30. The van der Waals surface area contributed by atoms with Gasteiger partial charge in [0.2, 0.25) is 5.91 Å². The van der Waals surface area contributed by atoms with Crippen molar-refractivity contribution in [3.05, 3.63) is 29.8 Å². The number of halogens is 3. The molecule has 22 heavy (non-hydrogen) atoms. The van der Waals surface area contributed by atoms with Crippen LogP contribution in [0, 0.1) is 5.92 Å². The third-order valence-electron chi connectivity index (χ3n) is 3.44. The van der Waals surface area contributed by atoms with Crippen molar-refractivity contribution in [2.45, 2.75) is 25.7 Å². The molecule has 1 aliphatic heterocycles. The molecule has 0 N–H and O–H groups in total. The van der Waals surface area contributed by atoms with Crippen molar-refractivity contribution < 1.29 is 27.4 Å². The van der Waals surface area contributed by atoms with Gasteiger partial charge in [0, 0.05) is 20.2 Å². The molecule has 0 bridgehead atoms. The molecule has 0 unspecified atom stereocenters. The highest BCUT2D eigenvalue weighted by atomic mass is 19.4. The Morgan fingerprint density at radius 1 is 1.45 bits per heavy atom. The molecule has 1 amide bonds. The van der Waals surface area contributed by atoms with Crippen LogP contribution in [0.3, 0.4) is 0 Å². The zero-order valence-corrected chi connectivity index (χ0v) is 12.2. The Morgan fingerprint density at radius 2 is 2.23 bits per heavy atom. The van der Waals surface area contributed by atoms with E-state index in [9.17, 15) is 18.0 Å². The monoisotopic (exact) mass is 317 g/mol. The Hall–Kier alpha value is -1.76. The highest BCUT2D eigenvalue weighted by molar-refractivity contribution is 5.78. The van der Waals surface area contributed by atoms with E-state index in [0.29, 0.717) is 18.8 Å². The van der Waals surface area contributed by atoms with Crippen molar-refractivity contribution in [2.24, 2.45) is 5.92 Å². The lowest BCUT2D eigenvalue weighted by Gasteiger charge is -2.26. The van der Waals surface area contributed by atoms with Crippen molar-refractivity contribution in [1.29, 1.82) is 0 Å². The number of hydrogen-bond donors (Lipinski definition) is 0. The maximum absolute atomic E-state index is 12.3. The number of nitrogens with zero attached hydrogens (tertiary/aromatic N) is 1. The summed E-state index contributed by atoms with van der Waals surface area (Å²) in [5, 5.41) is 0. The van der Waals surface area contributed by atoms with Gasteiger partial charge in [-0.15, -0.1) is 13.2 Å². The summed E-state index contributed by atoms with van der Waals surface area (Å²) in [6.07, 6.45) is -3.10. The van der Waals surface area contributed by atoms with Crippen LogP contribution in [0.15, 0.2) is 24.3 Å². The zero-order chi connectivity index (χ0) is 16.2. The van der Waals surface area contributed by atoms with Gasteiger partial charge < -0.3 is 14.4 Å². The summed E-state index contributed by atoms with van der Waals surface area (Å²) >= 11 is 0. The number of ether oxygens (including phenoxy) is 2. The van der Waals surface area contributed by atoms with Gasteiger partial charge in [-0.2, -0.15) is 0 Å². The van der Waals surface area contributed by atoms with Crippen molar-refractivity contribution in [3.8, 4) is 5.75 Å². The Labute approximate surface area is 126 Å². The van der Waals surface area contributed by atoms with Crippen LogP contribution in [-0.4, -0.2) is 37.4 Å². The molecule has 1 aromatic carbocycles. The van der Waals surface area contributed by atoms with Crippen LogP contribution in [-0.2, 0) is 16.1 Å². The Kier molecular flexibility index (Phi) is 5.28. The Morgan fingerprint density at radius 3 is 2.86 bits per heavy atom. The smallest absolute Gasteiger partial charge is 0.406 e. The molecule has 0 saturated carbocycles. The first kappa shape index (κ1) is 16.6. The highest BCUT2D eigenvalue weighted by Gasteiger charge is 2.31. The Balaban J connectivity index is 1.97. The summed E-state index contributed by atoms with van der Waals surface area (Å²) < 4.78 is 45.8. The summed E-state index contributed by atoms with van der Waals surface area (Å²) in [7, 11) is 1.63. The minimum atomic E-state index is -4.72. The largest absolute Gasteiger partial charge is 0.573 e. The van der Waals surface area contributed by atoms with E-state index >= 15 is 0 Å². The second-order valence-corrected chi connectivity index (χ2v) is 5.30. The van der Waals surface area contributed by atoms with E-state index in [-0.39, 0.29) is 24.1 Å². The van der Waals surface area contributed by atoms with E-state index in [0.717, 1.165) is 12.8 Å². The van der Waals surface area contributed by atoms with Crippen LogP contribution in [0.4, 0.5) is 13.2 Å². The van der Waals surface area contributed by atoms with Gasteiger partial charge in [0.1, 0.15) is 5.75 Å². The molecule has 1 fully saturated rings. The van der Waals surface area contributed by atoms with Crippen LogP contribution >= 0.6 is 0 Å². The van der Waals surface area contributed by atoms with Crippen molar-refractivity contribution >= 4 is 5.91 Å². The molecule has 0 radical (unpaired) electrons. The standard InChI is InChI=1S/C15H18F3NO3/c1-19(14(20)12-5-3-7-21-10-12)9-11-4-2-6-13(8-11)22-15(16,17)18/h2,4,6,8,12H,3,5,7,9-10H2,1H3/t12-/m1/s1. The van der Waals surface area contributed by atoms with E-state index in [2.05, 4.69) is 4.74 Å². The van der Waals surface area contributed by atoms with E-state index in [1.54, 1.807) is 13.1 Å². The lowest BCUT2D eigenvalue weighted by Crippen LogP contribution is -2.36. The number of rotatable bonds is 4. The van der Waals surface area contributed by atoms with E-state index in [4.69, 9.17) is 4.74 Å². The van der Waals surface area contributed by atoms with Crippen LogP contribution < -0.4 is 4.74 Å². The van der Waals surface area contributed by atoms with Crippen molar-refractivity contribution in [1.82, 2.24) is 4.90 Å². The molecule has 122 valence electrons. The lowest BCUT2D eigenvalue weighted by molar-refractivity contribution is -0.274. The van der Waals surface area contributed by atoms with E-state index in [1.165, 1.54) is 23.1 Å². The van der Waals surface area contributed by atoms with Crippen molar-refractivity contribution in [2.75, 3.05) is 20.3 Å². The Bertz CT molecular complexity index is 513. The van der Waals surface area contributed by atoms with Gasteiger partial charge in [-0.25, -0.2) is 0 Å². The van der Waals surface area contributed by atoms with E-state index < -0.39 is 6.36 Å². The van der Waals surface area contributed by atoms with Gasteiger partial charge in [0.15, 0.2) is 0 Å². The molecule has 0 aliphatic carbocycles. The topological polar surface area (TPSA) is 38.8 Å². The SMILES string of the molecule is CN(Cc1cccc(OC(F)(F)F)c1)C(=O)[C@@H]1CCCOC1. The van der Waals surface area contributed by atoms with Gasteiger partial charge in [0.25, 0.3) is 0 Å². The van der Waals surface area contributed by atoms with Crippen molar-refractivity contribution in [3.63, 3.8) is 0 Å². The molecule has 1 aliphatic rings. The van der Waals surface area contributed by atoms with Gasteiger partial charge in [0.05, 0.1) is 12.5 Å². The third kappa shape index (κ3) is 4.91. The molecule has 7 heteroatoms. The normalized spacial score (nSPS) is 18.8. The van der Waals surface area contributed by atoms with Crippen LogP contribution in [0.2, 0.25) is 0 Å². The average Bonchev–Trinajstić information content (AvgIpc) is 2.46. The first-order valence-electron chi connectivity index (χ1n) is 7.02. The van der Waals surface area contributed by atoms with Gasteiger partial charge in [-0.05, 0) is 30.5 Å². The number of benzene rings is 1. The summed E-state index contributed by atoms with van der Waals surface area (Å²) in [5.74, 6) is -0.512. The maximum atomic E-state index is 12.3. The minimum Gasteiger partial charge on any atom is -0.406 e. The predicted octanol–water partition coefficient (Wildman–Crippen LogP) is 2.97. The average molecular weight is 317 g/mol. The molecule has 4 nitrogen and oxygen atoms in total. The molecule has 1 saturated heterocycles. The highest BCUT2D eigenvalue weighted by Crippen LogP contribution is 2.24. The minimum absolute atomic E-state index is 0.0538. The molecule has 1 atom stereocenters. The van der Waals surface area contributed by atoms with Crippen LogP contribution in [0.5, 0.6) is 5.75 Å². The molecule has 1 heterocycles.